The summed E-state index contributed by atoms with van der Waals surface area (Å²) in [5.74, 6) is 1.54. The Bertz CT molecular complexity index is 951. The summed E-state index contributed by atoms with van der Waals surface area (Å²) in [6, 6.07) is 17.7. The SMILES string of the molecule is CCN(C)C(=O)NC1CCC2(c3ccc(OC)c(OC)c3)CCN(Cc3ccccc3)C2C1. The number of rotatable bonds is 7. The van der Waals surface area contributed by atoms with Gasteiger partial charge in [-0.15, -0.1) is 0 Å². The number of ether oxygens (including phenoxy) is 2. The van der Waals surface area contributed by atoms with Gasteiger partial charge in [-0.05, 0) is 62.4 Å². The fourth-order valence-electron chi connectivity index (χ4n) is 5.69. The molecule has 2 amide bonds. The van der Waals surface area contributed by atoms with Gasteiger partial charge in [0.05, 0.1) is 14.2 Å². The van der Waals surface area contributed by atoms with E-state index in [1.165, 1.54) is 11.1 Å². The van der Waals surface area contributed by atoms with Crippen LogP contribution < -0.4 is 14.8 Å². The van der Waals surface area contributed by atoms with E-state index in [1.807, 2.05) is 20.0 Å². The molecule has 2 fully saturated rings. The second-order valence-corrected chi connectivity index (χ2v) is 9.38. The first-order valence-electron chi connectivity index (χ1n) is 12.0. The molecule has 2 aromatic rings. The summed E-state index contributed by atoms with van der Waals surface area (Å²) in [5.41, 5.74) is 2.69. The van der Waals surface area contributed by atoms with E-state index < -0.39 is 0 Å². The standard InChI is InChI=1S/C27H37N3O3/c1-5-29(2)26(31)28-22-13-14-27(21-11-12-23(32-3)24(17-21)33-4)15-16-30(25(27)18-22)19-20-9-7-6-8-10-20/h6-12,17,22,25H,5,13-16,18-19H2,1-4H3,(H,28,31). The largest absolute Gasteiger partial charge is 0.493 e. The van der Waals surface area contributed by atoms with E-state index >= 15 is 0 Å². The highest BCUT2D eigenvalue weighted by atomic mass is 16.5. The molecule has 6 heteroatoms. The molecule has 0 aromatic heterocycles. The number of carbonyl (C=O) groups excluding carboxylic acids is 1. The first-order chi connectivity index (χ1) is 16.0. The van der Waals surface area contributed by atoms with Crippen LogP contribution in [0.25, 0.3) is 0 Å². The Morgan fingerprint density at radius 1 is 1.12 bits per heavy atom. The quantitative estimate of drug-likeness (QED) is 0.677. The zero-order valence-electron chi connectivity index (χ0n) is 20.3. The monoisotopic (exact) mass is 451 g/mol. The Morgan fingerprint density at radius 3 is 2.58 bits per heavy atom. The van der Waals surface area contributed by atoms with E-state index in [-0.39, 0.29) is 17.5 Å². The molecule has 1 saturated heterocycles. The normalized spacial score (nSPS) is 24.7. The van der Waals surface area contributed by atoms with E-state index in [4.69, 9.17) is 9.47 Å². The summed E-state index contributed by atoms with van der Waals surface area (Å²) >= 11 is 0. The number of nitrogens with zero attached hydrogens (tertiary/aromatic N) is 2. The minimum absolute atomic E-state index is 0.0220. The number of fused-ring (bicyclic) bond motifs is 1. The topological polar surface area (TPSA) is 54.0 Å². The van der Waals surface area contributed by atoms with Gasteiger partial charge in [0.15, 0.2) is 11.5 Å². The van der Waals surface area contributed by atoms with Crippen LogP contribution in [0, 0.1) is 0 Å². The van der Waals surface area contributed by atoms with Crippen molar-refractivity contribution in [3.8, 4) is 11.5 Å². The van der Waals surface area contributed by atoms with Gasteiger partial charge in [-0.3, -0.25) is 4.90 Å². The maximum Gasteiger partial charge on any atom is 0.317 e. The fourth-order valence-corrected chi connectivity index (χ4v) is 5.69. The Labute approximate surface area is 197 Å². The predicted octanol–water partition coefficient (Wildman–Crippen LogP) is 4.43. The summed E-state index contributed by atoms with van der Waals surface area (Å²) in [6.45, 7) is 4.68. The third-order valence-corrected chi connectivity index (χ3v) is 7.71. The van der Waals surface area contributed by atoms with Gasteiger partial charge in [-0.1, -0.05) is 36.4 Å². The average Bonchev–Trinajstić information content (AvgIpc) is 3.22. The van der Waals surface area contributed by atoms with Crippen LogP contribution in [-0.4, -0.2) is 62.3 Å². The lowest BCUT2D eigenvalue weighted by molar-refractivity contribution is 0.127. The number of likely N-dealkylation sites (tertiary alicyclic amines) is 1. The maximum absolute atomic E-state index is 12.6. The highest BCUT2D eigenvalue weighted by Crippen LogP contribution is 2.50. The number of nitrogens with one attached hydrogen (secondary N) is 1. The van der Waals surface area contributed by atoms with Crippen molar-refractivity contribution in [2.24, 2.45) is 0 Å². The summed E-state index contributed by atoms with van der Waals surface area (Å²) < 4.78 is 11.1. The van der Waals surface area contributed by atoms with Crippen molar-refractivity contribution in [1.29, 1.82) is 0 Å². The zero-order chi connectivity index (χ0) is 23.4. The van der Waals surface area contributed by atoms with Crippen molar-refractivity contribution < 1.29 is 14.3 Å². The number of amides is 2. The smallest absolute Gasteiger partial charge is 0.317 e. The maximum atomic E-state index is 12.6. The zero-order valence-corrected chi connectivity index (χ0v) is 20.3. The van der Waals surface area contributed by atoms with Crippen molar-refractivity contribution in [3.05, 3.63) is 59.7 Å². The van der Waals surface area contributed by atoms with Crippen molar-refractivity contribution in [1.82, 2.24) is 15.1 Å². The Kier molecular flexibility index (Phi) is 7.13. The van der Waals surface area contributed by atoms with Crippen molar-refractivity contribution in [2.75, 3.05) is 34.4 Å². The molecule has 1 heterocycles. The minimum Gasteiger partial charge on any atom is -0.493 e. The molecule has 1 aliphatic carbocycles. The van der Waals surface area contributed by atoms with Crippen LogP contribution in [0.3, 0.4) is 0 Å². The molecule has 4 rings (SSSR count). The lowest BCUT2D eigenvalue weighted by Gasteiger charge is -2.45. The van der Waals surface area contributed by atoms with Crippen molar-refractivity contribution >= 4 is 6.03 Å². The number of methoxy groups -OCH3 is 2. The second kappa shape index (κ2) is 10.0. The van der Waals surface area contributed by atoms with Crippen LogP contribution in [0.15, 0.2) is 48.5 Å². The molecule has 0 spiro atoms. The number of hydrogen-bond donors (Lipinski definition) is 1. The summed E-state index contributed by atoms with van der Waals surface area (Å²) in [6.07, 6.45) is 4.08. The number of urea groups is 1. The number of benzene rings is 2. The molecule has 3 unspecified atom stereocenters. The molecule has 2 aromatic carbocycles. The molecule has 3 atom stereocenters. The van der Waals surface area contributed by atoms with Crippen LogP contribution in [0.1, 0.15) is 43.7 Å². The third-order valence-electron chi connectivity index (χ3n) is 7.71. The summed E-state index contributed by atoms with van der Waals surface area (Å²) in [7, 11) is 5.23. The second-order valence-electron chi connectivity index (χ2n) is 9.38. The lowest BCUT2D eigenvalue weighted by atomic mass is 9.65. The van der Waals surface area contributed by atoms with Crippen LogP contribution in [0.5, 0.6) is 11.5 Å². The van der Waals surface area contributed by atoms with Crippen LogP contribution >= 0.6 is 0 Å². The average molecular weight is 452 g/mol. The Hall–Kier alpha value is -2.73. The summed E-state index contributed by atoms with van der Waals surface area (Å²) in [4.78, 5) is 16.9. The van der Waals surface area contributed by atoms with Gasteiger partial charge in [0.25, 0.3) is 0 Å². The Morgan fingerprint density at radius 2 is 1.88 bits per heavy atom. The number of hydrogen-bond acceptors (Lipinski definition) is 4. The van der Waals surface area contributed by atoms with E-state index in [1.54, 1.807) is 19.1 Å². The van der Waals surface area contributed by atoms with E-state index in [9.17, 15) is 4.79 Å². The molecule has 0 bridgehead atoms. The van der Waals surface area contributed by atoms with Crippen LogP contribution in [0.4, 0.5) is 4.79 Å². The first kappa shape index (κ1) is 23.4. The van der Waals surface area contributed by atoms with E-state index in [0.29, 0.717) is 12.6 Å². The Balaban J connectivity index is 1.63. The van der Waals surface area contributed by atoms with E-state index in [2.05, 4.69) is 52.7 Å². The molecule has 0 radical (unpaired) electrons. The molecule has 6 nitrogen and oxygen atoms in total. The molecule has 1 N–H and O–H groups in total. The lowest BCUT2D eigenvalue weighted by Crippen LogP contribution is -2.53. The van der Waals surface area contributed by atoms with Gasteiger partial charge in [0, 0.05) is 37.6 Å². The fraction of sp³-hybridized carbons (Fsp3) is 0.519. The minimum atomic E-state index is 0.0220. The molecule has 2 aliphatic rings. The van der Waals surface area contributed by atoms with Gasteiger partial charge < -0.3 is 19.7 Å². The molecular formula is C27H37N3O3. The van der Waals surface area contributed by atoms with Gasteiger partial charge >= 0.3 is 6.03 Å². The third kappa shape index (κ3) is 4.67. The highest BCUT2D eigenvalue weighted by molar-refractivity contribution is 5.74. The van der Waals surface area contributed by atoms with Crippen molar-refractivity contribution in [3.63, 3.8) is 0 Å². The van der Waals surface area contributed by atoms with Gasteiger partial charge in [-0.25, -0.2) is 4.79 Å². The van der Waals surface area contributed by atoms with E-state index in [0.717, 1.165) is 50.3 Å². The molecule has 33 heavy (non-hydrogen) atoms. The molecule has 178 valence electrons. The van der Waals surface area contributed by atoms with Crippen LogP contribution in [0.2, 0.25) is 0 Å². The molecule has 1 aliphatic heterocycles. The van der Waals surface area contributed by atoms with Gasteiger partial charge in [0.1, 0.15) is 0 Å². The summed E-state index contributed by atoms with van der Waals surface area (Å²) in [5, 5.41) is 3.29. The highest BCUT2D eigenvalue weighted by Gasteiger charge is 2.51. The first-order valence-corrected chi connectivity index (χ1v) is 12.0. The predicted molar refractivity (Wildman–Crippen MR) is 131 cm³/mol. The number of carbonyl (C=O) groups is 1. The van der Waals surface area contributed by atoms with Gasteiger partial charge in [0.2, 0.25) is 0 Å². The van der Waals surface area contributed by atoms with Crippen molar-refractivity contribution in [2.45, 2.75) is 56.7 Å². The molecular weight excluding hydrogens is 414 g/mol. The van der Waals surface area contributed by atoms with Crippen LogP contribution in [-0.2, 0) is 12.0 Å². The van der Waals surface area contributed by atoms with Gasteiger partial charge in [-0.2, -0.15) is 0 Å². The molecule has 1 saturated carbocycles.